The van der Waals surface area contributed by atoms with E-state index in [2.05, 4.69) is 15.2 Å². The third kappa shape index (κ3) is 3.68. The second-order valence-corrected chi connectivity index (χ2v) is 4.28. The number of hydrogen-bond donors (Lipinski definition) is 2. The lowest BCUT2D eigenvalue weighted by molar-refractivity contribution is -0.0504. The van der Waals surface area contributed by atoms with Crippen LogP contribution < -0.4 is 15.8 Å². The number of alkyl halides is 2. The summed E-state index contributed by atoms with van der Waals surface area (Å²) in [6.07, 6.45) is 1.50. The molecule has 0 unspecified atom stereocenters. The molecule has 21 heavy (non-hydrogen) atoms. The van der Waals surface area contributed by atoms with E-state index in [0.29, 0.717) is 5.56 Å². The van der Waals surface area contributed by atoms with Crippen LogP contribution >= 0.6 is 0 Å². The molecule has 0 atom stereocenters. The normalized spacial score (nSPS) is 10.7. The zero-order valence-corrected chi connectivity index (χ0v) is 11.2. The monoisotopic (exact) mass is 296 g/mol. The fraction of sp³-hybridized carbons (Fsp3) is 0.231. The van der Waals surface area contributed by atoms with Gasteiger partial charge in [0.1, 0.15) is 5.75 Å². The third-order valence-corrected chi connectivity index (χ3v) is 2.70. The van der Waals surface area contributed by atoms with Crippen LogP contribution in [0.5, 0.6) is 5.75 Å². The van der Waals surface area contributed by atoms with Crippen molar-refractivity contribution in [3.63, 3.8) is 0 Å². The molecule has 0 aliphatic carbocycles. The van der Waals surface area contributed by atoms with Crippen molar-refractivity contribution in [2.45, 2.75) is 13.2 Å². The van der Waals surface area contributed by atoms with Crippen molar-refractivity contribution in [2.24, 2.45) is 7.05 Å². The Morgan fingerprint density at radius 3 is 2.81 bits per heavy atom. The molecule has 2 aromatic rings. The molecular weight excluding hydrogens is 282 g/mol. The van der Waals surface area contributed by atoms with Crippen LogP contribution in [-0.2, 0) is 13.6 Å². The van der Waals surface area contributed by atoms with Gasteiger partial charge in [0.15, 0.2) is 5.69 Å². The molecule has 1 heterocycles. The number of nitrogens with two attached hydrogens (primary N) is 1. The van der Waals surface area contributed by atoms with Crippen LogP contribution in [-0.4, -0.2) is 22.3 Å². The summed E-state index contributed by atoms with van der Waals surface area (Å²) in [6, 6.07) is 6.22. The van der Waals surface area contributed by atoms with Gasteiger partial charge in [-0.1, -0.05) is 18.2 Å². The number of benzene rings is 1. The lowest BCUT2D eigenvalue weighted by atomic mass is 10.2. The minimum Gasteiger partial charge on any atom is -0.434 e. The molecule has 0 saturated carbocycles. The van der Waals surface area contributed by atoms with E-state index in [4.69, 9.17) is 5.73 Å². The van der Waals surface area contributed by atoms with Gasteiger partial charge < -0.3 is 15.8 Å². The first-order chi connectivity index (χ1) is 9.97. The fourth-order valence-corrected chi connectivity index (χ4v) is 1.80. The zero-order chi connectivity index (χ0) is 15.4. The summed E-state index contributed by atoms with van der Waals surface area (Å²) in [7, 11) is 1.64. The first-order valence-electron chi connectivity index (χ1n) is 6.07. The topological polar surface area (TPSA) is 82.2 Å². The molecule has 0 radical (unpaired) electrons. The van der Waals surface area contributed by atoms with Crippen molar-refractivity contribution in [1.29, 1.82) is 0 Å². The Bertz CT molecular complexity index is 643. The van der Waals surface area contributed by atoms with E-state index >= 15 is 0 Å². The van der Waals surface area contributed by atoms with Gasteiger partial charge >= 0.3 is 6.61 Å². The molecule has 0 bridgehead atoms. The number of nitrogens with one attached hydrogen (secondary N) is 1. The molecule has 112 valence electrons. The van der Waals surface area contributed by atoms with Crippen LogP contribution in [0.1, 0.15) is 16.1 Å². The second-order valence-electron chi connectivity index (χ2n) is 4.28. The number of rotatable bonds is 5. The number of aryl methyl sites for hydroxylation is 1. The van der Waals surface area contributed by atoms with Gasteiger partial charge in [0.05, 0.1) is 5.69 Å². The smallest absolute Gasteiger partial charge is 0.387 e. The van der Waals surface area contributed by atoms with E-state index in [1.807, 2.05) is 0 Å². The van der Waals surface area contributed by atoms with Gasteiger partial charge in [0.2, 0.25) is 0 Å². The first-order valence-corrected chi connectivity index (χ1v) is 6.07. The maximum absolute atomic E-state index is 12.3. The summed E-state index contributed by atoms with van der Waals surface area (Å²) in [4.78, 5) is 11.9. The van der Waals surface area contributed by atoms with E-state index in [-0.39, 0.29) is 23.7 Å². The molecule has 1 aromatic carbocycles. The van der Waals surface area contributed by atoms with Gasteiger partial charge in [0, 0.05) is 25.4 Å². The third-order valence-electron chi connectivity index (χ3n) is 2.70. The average molecular weight is 296 g/mol. The van der Waals surface area contributed by atoms with Crippen LogP contribution in [0.25, 0.3) is 0 Å². The van der Waals surface area contributed by atoms with E-state index in [1.54, 1.807) is 25.2 Å². The summed E-state index contributed by atoms with van der Waals surface area (Å²) in [5, 5.41) is 6.48. The zero-order valence-electron chi connectivity index (χ0n) is 11.2. The molecular formula is C13H14F2N4O2. The molecule has 0 spiro atoms. The van der Waals surface area contributed by atoms with Gasteiger partial charge in [-0.15, -0.1) is 0 Å². The minimum atomic E-state index is -2.92. The fourth-order valence-electron chi connectivity index (χ4n) is 1.80. The van der Waals surface area contributed by atoms with Gasteiger partial charge in [-0.3, -0.25) is 9.48 Å². The maximum atomic E-state index is 12.3. The Labute approximate surface area is 119 Å². The van der Waals surface area contributed by atoms with Crippen molar-refractivity contribution in [3.8, 4) is 5.75 Å². The number of aromatic nitrogens is 2. The summed E-state index contributed by atoms with van der Waals surface area (Å²) in [6.45, 7) is -2.90. The predicted molar refractivity (Wildman–Crippen MR) is 71.9 cm³/mol. The largest absolute Gasteiger partial charge is 0.434 e. The summed E-state index contributed by atoms with van der Waals surface area (Å²) in [5.74, 6) is -0.471. The van der Waals surface area contributed by atoms with E-state index in [1.165, 1.54) is 16.9 Å². The quantitative estimate of drug-likeness (QED) is 0.876. The van der Waals surface area contributed by atoms with Gasteiger partial charge in [-0.2, -0.15) is 13.9 Å². The number of nitrogen functional groups attached to an aromatic ring is 1. The van der Waals surface area contributed by atoms with Gasteiger partial charge in [-0.05, 0) is 6.07 Å². The SMILES string of the molecule is Cn1cc(N)c(C(=O)NCc2ccccc2OC(F)F)n1. The molecule has 0 aliphatic rings. The van der Waals surface area contributed by atoms with Crippen LogP contribution in [0.3, 0.4) is 0 Å². The average Bonchev–Trinajstić information content (AvgIpc) is 2.76. The van der Waals surface area contributed by atoms with Gasteiger partial charge in [0.25, 0.3) is 5.91 Å². The number of nitrogens with zero attached hydrogens (tertiary/aromatic N) is 2. The first kappa shape index (κ1) is 14.8. The Morgan fingerprint density at radius 2 is 2.19 bits per heavy atom. The Morgan fingerprint density at radius 1 is 1.48 bits per heavy atom. The number of amides is 1. The highest BCUT2D eigenvalue weighted by atomic mass is 19.3. The highest BCUT2D eigenvalue weighted by Gasteiger charge is 2.15. The molecule has 1 amide bonds. The number of ether oxygens (including phenoxy) is 1. The number of carbonyl (C=O) groups is 1. The number of carbonyl (C=O) groups excluding carboxylic acids is 1. The van der Waals surface area contributed by atoms with E-state index < -0.39 is 12.5 Å². The summed E-state index contributed by atoms with van der Waals surface area (Å²) in [5.41, 5.74) is 6.40. The number of hydrogen-bond acceptors (Lipinski definition) is 4. The summed E-state index contributed by atoms with van der Waals surface area (Å²) >= 11 is 0. The molecule has 0 aliphatic heterocycles. The molecule has 3 N–H and O–H groups in total. The van der Waals surface area contributed by atoms with Crippen molar-refractivity contribution >= 4 is 11.6 Å². The van der Waals surface area contributed by atoms with Crippen molar-refractivity contribution < 1.29 is 18.3 Å². The number of para-hydroxylation sites is 1. The maximum Gasteiger partial charge on any atom is 0.387 e. The van der Waals surface area contributed by atoms with Crippen molar-refractivity contribution in [3.05, 3.63) is 41.7 Å². The molecule has 6 nitrogen and oxygen atoms in total. The van der Waals surface area contributed by atoms with Crippen molar-refractivity contribution in [1.82, 2.24) is 15.1 Å². The van der Waals surface area contributed by atoms with Crippen LogP contribution in [0, 0.1) is 0 Å². The molecule has 0 fully saturated rings. The predicted octanol–water partition coefficient (Wildman–Crippen LogP) is 1.53. The Kier molecular flexibility index (Phi) is 4.36. The van der Waals surface area contributed by atoms with Crippen LogP contribution in [0.15, 0.2) is 30.5 Å². The lowest BCUT2D eigenvalue weighted by Crippen LogP contribution is -2.24. The van der Waals surface area contributed by atoms with E-state index in [9.17, 15) is 13.6 Å². The molecule has 2 rings (SSSR count). The number of anilines is 1. The Hall–Kier alpha value is -2.64. The molecule has 8 heteroatoms. The highest BCUT2D eigenvalue weighted by Crippen LogP contribution is 2.20. The van der Waals surface area contributed by atoms with Crippen LogP contribution in [0.2, 0.25) is 0 Å². The van der Waals surface area contributed by atoms with Crippen LogP contribution in [0.4, 0.5) is 14.5 Å². The number of halogens is 2. The highest BCUT2D eigenvalue weighted by molar-refractivity contribution is 5.96. The standard InChI is InChI=1S/C13H14F2N4O2/c1-19-7-9(16)11(18-19)12(20)17-6-8-4-2-3-5-10(8)21-13(14)15/h2-5,7,13H,6,16H2,1H3,(H,17,20). The minimum absolute atomic E-state index is 0.0155. The lowest BCUT2D eigenvalue weighted by Gasteiger charge is -2.11. The van der Waals surface area contributed by atoms with Gasteiger partial charge in [-0.25, -0.2) is 0 Å². The Balaban J connectivity index is 2.06. The molecule has 0 saturated heterocycles. The van der Waals surface area contributed by atoms with Crippen molar-refractivity contribution in [2.75, 3.05) is 5.73 Å². The van der Waals surface area contributed by atoms with E-state index in [0.717, 1.165) is 0 Å². The second kappa shape index (κ2) is 6.21. The molecule has 1 aromatic heterocycles. The summed E-state index contributed by atoms with van der Waals surface area (Å²) < 4.78 is 30.4.